The SMILES string of the molecule is Cc1ccc(CN(C)CC(N)CO)cc1. The predicted molar refractivity (Wildman–Crippen MR) is 62.6 cm³/mol. The lowest BCUT2D eigenvalue weighted by molar-refractivity contribution is 0.218. The minimum atomic E-state index is -0.152. The minimum Gasteiger partial charge on any atom is -0.395 e. The van der Waals surface area contributed by atoms with Gasteiger partial charge in [-0.05, 0) is 19.5 Å². The van der Waals surface area contributed by atoms with Crippen LogP contribution < -0.4 is 5.73 Å². The number of aliphatic hydroxyl groups excluding tert-OH is 1. The first kappa shape index (κ1) is 12.2. The summed E-state index contributed by atoms with van der Waals surface area (Å²) in [6, 6.07) is 8.30. The highest BCUT2D eigenvalue weighted by atomic mass is 16.3. The summed E-state index contributed by atoms with van der Waals surface area (Å²) in [4.78, 5) is 2.12. The lowest BCUT2D eigenvalue weighted by Gasteiger charge is -2.19. The highest BCUT2D eigenvalue weighted by Crippen LogP contribution is 2.05. The van der Waals surface area contributed by atoms with Crippen LogP contribution in [-0.4, -0.2) is 36.2 Å². The van der Waals surface area contributed by atoms with Gasteiger partial charge in [0.1, 0.15) is 0 Å². The Kier molecular flexibility index (Phi) is 4.75. The van der Waals surface area contributed by atoms with Crippen molar-refractivity contribution in [1.82, 2.24) is 4.90 Å². The number of hydrogen-bond donors (Lipinski definition) is 2. The van der Waals surface area contributed by atoms with Crippen molar-refractivity contribution < 1.29 is 5.11 Å². The van der Waals surface area contributed by atoms with Crippen molar-refractivity contribution in [3.05, 3.63) is 35.4 Å². The molecule has 0 amide bonds. The molecule has 1 aromatic carbocycles. The molecule has 15 heavy (non-hydrogen) atoms. The van der Waals surface area contributed by atoms with Gasteiger partial charge in [0.05, 0.1) is 6.61 Å². The van der Waals surface area contributed by atoms with E-state index < -0.39 is 0 Å². The Morgan fingerprint density at radius 2 is 1.93 bits per heavy atom. The number of aliphatic hydroxyl groups is 1. The van der Waals surface area contributed by atoms with Gasteiger partial charge in [-0.3, -0.25) is 0 Å². The molecule has 3 N–H and O–H groups in total. The van der Waals surface area contributed by atoms with Gasteiger partial charge in [0.2, 0.25) is 0 Å². The maximum absolute atomic E-state index is 8.83. The van der Waals surface area contributed by atoms with E-state index in [0.717, 1.165) is 6.54 Å². The van der Waals surface area contributed by atoms with E-state index >= 15 is 0 Å². The molecule has 0 bridgehead atoms. The summed E-state index contributed by atoms with van der Waals surface area (Å²) < 4.78 is 0. The molecule has 0 aliphatic carbocycles. The molecule has 0 spiro atoms. The summed E-state index contributed by atoms with van der Waals surface area (Å²) in [7, 11) is 2.01. The second-order valence-electron chi connectivity index (χ2n) is 4.13. The molecule has 0 fully saturated rings. The Morgan fingerprint density at radius 1 is 1.33 bits per heavy atom. The maximum atomic E-state index is 8.83. The quantitative estimate of drug-likeness (QED) is 0.750. The van der Waals surface area contributed by atoms with Crippen molar-refractivity contribution in [3.8, 4) is 0 Å². The van der Waals surface area contributed by atoms with Gasteiger partial charge >= 0.3 is 0 Å². The van der Waals surface area contributed by atoms with Crippen LogP contribution in [0.3, 0.4) is 0 Å². The van der Waals surface area contributed by atoms with Crippen molar-refractivity contribution in [1.29, 1.82) is 0 Å². The summed E-state index contributed by atoms with van der Waals surface area (Å²) in [6.45, 7) is 3.70. The van der Waals surface area contributed by atoms with Gasteiger partial charge < -0.3 is 15.7 Å². The minimum absolute atomic E-state index is 0.0399. The normalized spacial score (nSPS) is 13.1. The zero-order chi connectivity index (χ0) is 11.3. The van der Waals surface area contributed by atoms with E-state index in [0.29, 0.717) is 6.54 Å². The molecule has 0 aromatic heterocycles. The largest absolute Gasteiger partial charge is 0.395 e. The Bertz CT molecular complexity index is 284. The first-order chi connectivity index (χ1) is 7.11. The number of likely N-dealkylation sites (N-methyl/N-ethyl adjacent to an activating group) is 1. The molecular formula is C12H20N2O. The van der Waals surface area contributed by atoms with E-state index in [1.165, 1.54) is 11.1 Å². The number of hydrogen-bond acceptors (Lipinski definition) is 3. The molecule has 84 valence electrons. The number of aryl methyl sites for hydroxylation is 1. The van der Waals surface area contributed by atoms with E-state index in [1.54, 1.807) is 0 Å². The second kappa shape index (κ2) is 5.85. The van der Waals surface area contributed by atoms with E-state index in [2.05, 4.69) is 36.1 Å². The molecule has 1 atom stereocenters. The van der Waals surface area contributed by atoms with Crippen LogP contribution in [0.25, 0.3) is 0 Å². The van der Waals surface area contributed by atoms with Crippen LogP contribution in [0.15, 0.2) is 24.3 Å². The number of benzene rings is 1. The smallest absolute Gasteiger partial charge is 0.0595 e. The van der Waals surface area contributed by atoms with Gasteiger partial charge in [0.25, 0.3) is 0 Å². The molecule has 0 aliphatic rings. The fraction of sp³-hybridized carbons (Fsp3) is 0.500. The Hall–Kier alpha value is -0.900. The third kappa shape index (κ3) is 4.42. The van der Waals surface area contributed by atoms with Crippen LogP contribution in [-0.2, 0) is 6.54 Å². The van der Waals surface area contributed by atoms with E-state index in [9.17, 15) is 0 Å². The highest BCUT2D eigenvalue weighted by Gasteiger charge is 2.05. The zero-order valence-electron chi connectivity index (χ0n) is 9.48. The van der Waals surface area contributed by atoms with Crippen LogP contribution in [0.5, 0.6) is 0 Å². The van der Waals surface area contributed by atoms with Crippen molar-refractivity contribution >= 4 is 0 Å². The molecule has 0 saturated heterocycles. The highest BCUT2D eigenvalue weighted by molar-refractivity contribution is 5.21. The maximum Gasteiger partial charge on any atom is 0.0595 e. The van der Waals surface area contributed by atoms with Gasteiger partial charge in [0, 0.05) is 19.1 Å². The Labute approximate surface area is 91.5 Å². The molecule has 1 unspecified atom stereocenters. The third-order valence-corrected chi connectivity index (χ3v) is 2.35. The van der Waals surface area contributed by atoms with Crippen LogP contribution in [0, 0.1) is 6.92 Å². The average molecular weight is 208 g/mol. The van der Waals surface area contributed by atoms with E-state index in [4.69, 9.17) is 10.8 Å². The monoisotopic (exact) mass is 208 g/mol. The average Bonchev–Trinajstić information content (AvgIpc) is 2.21. The van der Waals surface area contributed by atoms with Crippen molar-refractivity contribution in [3.63, 3.8) is 0 Å². The Morgan fingerprint density at radius 3 is 2.47 bits per heavy atom. The molecule has 0 heterocycles. The third-order valence-electron chi connectivity index (χ3n) is 2.35. The number of nitrogens with zero attached hydrogens (tertiary/aromatic N) is 1. The first-order valence-corrected chi connectivity index (χ1v) is 5.22. The predicted octanol–water partition coefficient (Wildman–Crippen LogP) is 0.746. The summed E-state index contributed by atoms with van der Waals surface area (Å²) >= 11 is 0. The topological polar surface area (TPSA) is 49.5 Å². The van der Waals surface area contributed by atoms with Gasteiger partial charge in [0.15, 0.2) is 0 Å². The first-order valence-electron chi connectivity index (χ1n) is 5.22. The lowest BCUT2D eigenvalue weighted by Crippen LogP contribution is -2.37. The van der Waals surface area contributed by atoms with Crippen molar-refractivity contribution in [2.75, 3.05) is 20.2 Å². The fourth-order valence-electron chi connectivity index (χ4n) is 1.53. The molecule has 3 heteroatoms. The number of nitrogens with two attached hydrogens (primary N) is 1. The number of rotatable bonds is 5. The van der Waals surface area contributed by atoms with Crippen LogP contribution >= 0.6 is 0 Å². The second-order valence-corrected chi connectivity index (χ2v) is 4.13. The van der Waals surface area contributed by atoms with Crippen LogP contribution in [0.2, 0.25) is 0 Å². The van der Waals surface area contributed by atoms with Crippen molar-refractivity contribution in [2.24, 2.45) is 5.73 Å². The lowest BCUT2D eigenvalue weighted by atomic mass is 10.1. The Balaban J connectivity index is 2.44. The van der Waals surface area contributed by atoms with Gasteiger partial charge in [-0.1, -0.05) is 29.8 Å². The van der Waals surface area contributed by atoms with Gasteiger partial charge in [-0.2, -0.15) is 0 Å². The van der Waals surface area contributed by atoms with Crippen molar-refractivity contribution in [2.45, 2.75) is 19.5 Å². The summed E-state index contributed by atoms with van der Waals surface area (Å²) in [5, 5.41) is 8.83. The van der Waals surface area contributed by atoms with E-state index in [1.807, 2.05) is 7.05 Å². The molecule has 0 radical (unpaired) electrons. The van der Waals surface area contributed by atoms with Gasteiger partial charge in [-0.25, -0.2) is 0 Å². The van der Waals surface area contributed by atoms with Crippen LogP contribution in [0.4, 0.5) is 0 Å². The summed E-state index contributed by atoms with van der Waals surface area (Å²) in [6.07, 6.45) is 0. The van der Waals surface area contributed by atoms with Gasteiger partial charge in [-0.15, -0.1) is 0 Å². The summed E-state index contributed by atoms with van der Waals surface area (Å²) in [5.41, 5.74) is 8.20. The van der Waals surface area contributed by atoms with E-state index in [-0.39, 0.29) is 12.6 Å². The molecule has 1 rings (SSSR count). The standard InChI is InChI=1S/C12H20N2O/c1-10-3-5-11(6-4-10)7-14(2)8-12(13)9-15/h3-6,12,15H,7-9,13H2,1-2H3. The molecule has 0 saturated carbocycles. The van der Waals surface area contributed by atoms with Crippen LogP contribution in [0.1, 0.15) is 11.1 Å². The fourth-order valence-corrected chi connectivity index (χ4v) is 1.53. The molecule has 1 aromatic rings. The molecular weight excluding hydrogens is 188 g/mol. The molecule has 3 nitrogen and oxygen atoms in total. The zero-order valence-corrected chi connectivity index (χ0v) is 9.48. The summed E-state index contributed by atoms with van der Waals surface area (Å²) in [5.74, 6) is 0. The molecule has 0 aliphatic heterocycles.